The molecule has 0 bridgehead atoms. The van der Waals surface area contributed by atoms with E-state index in [-0.39, 0.29) is 5.91 Å². The number of ether oxygens (including phenoxy) is 2. The van der Waals surface area contributed by atoms with Gasteiger partial charge in [-0.2, -0.15) is 0 Å². The number of sulfone groups is 1. The van der Waals surface area contributed by atoms with Crippen LogP contribution in [0.25, 0.3) is 0 Å². The van der Waals surface area contributed by atoms with Crippen LogP contribution in [-0.4, -0.2) is 47.0 Å². The van der Waals surface area contributed by atoms with Gasteiger partial charge in [0.15, 0.2) is 9.84 Å². The molecule has 2 rings (SSSR count). The van der Waals surface area contributed by atoms with Crippen LogP contribution >= 0.6 is 0 Å². The lowest BCUT2D eigenvalue weighted by Gasteiger charge is -2.16. The highest BCUT2D eigenvalue weighted by atomic mass is 32.2. The molecule has 0 aliphatic rings. The van der Waals surface area contributed by atoms with Crippen LogP contribution in [-0.2, 0) is 37.0 Å². The van der Waals surface area contributed by atoms with Crippen molar-refractivity contribution < 1.29 is 27.5 Å². The molecule has 2 aromatic rings. The van der Waals surface area contributed by atoms with Crippen molar-refractivity contribution in [2.24, 2.45) is 0 Å². The Bertz CT molecular complexity index is 878. The van der Waals surface area contributed by atoms with E-state index in [1.165, 1.54) is 13.4 Å². The highest BCUT2D eigenvalue weighted by Gasteiger charge is 2.19. The van der Waals surface area contributed by atoms with E-state index in [1.807, 2.05) is 31.2 Å². The molecular weight excluding hydrogens is 394 g/mol. The maximum atomic E-state index is 11.9. The Labute approximate surface area is 171 Å². The van der Waals surface area contributed by atoms with Gasteiger partial charge in [-0.25, -0.2) is 13.9 Å². The summed E-state index contributed by atoms with van der Waals surface area (Å²) < 4.78 is 34.2. The first-order chi connectivity index (χ1) is 13.8. The monoisotopic (exact) mass is 421 g/mol. The van der Waals surface area contributed by atoms with Gasteiger partial charge in [0.1, 0.15) is 11.9 Å². The summed E-state index contributed by atoms with van der Waals surface area (Å²) in [5.74, 6) is 0.396. The molecule has 0 radical (unpaired) electrons. The van der Waals surface area contributed by atoms with Gasteiger partial charge in [-0.1, -0.05) is 24.3 Å². The van der Waals surface area contributed by atoms with Gasteiger partial charge >= 0.3 is 0 Å². The number of rotatable bonds is 11. The van der Waals surface area contributed by atoms with Crippen molar-refractivity contribution in [2.45, 2.75) is 30.8 Å². The topological polar surface area (TPSA) is 90.9 Å². The lowest BCUT2D eigenvalue weighted by Crippen LogP contribution is -2.37. The SMILES string of the molecule is CCO[C@@H](Cc1ccc(OCCc2ccc(S(C)(=O)=O)cc2)cc1)C(=O)NOC. The number of hydroxylamine groups is 1. The number of nitrogens with one attached hydrogen (secondary N) is 1. The molecule has 1 N–H and O–H groups in total. The van der Waals surface area contributed by atoms with Crippen LogP contribution in [0.3, 0.4) is 0 Å². The lowest BCUT2D eigenvalue weighted by molar-refractivity contribution is -0.143. The van der Waals surface area contributed by atoms with Gasteiger partial charge < -0.3 is 9.47 Å². The van der Waals surface area contributed by atoms with E-state index in [1.54, 1.807) is 24.3 Å². The normalized spacial score (nSPS) is 12.4. The quantitative estimate of drug-likeness (QED) is 0.560. The van der Waals surface area contributed by atoms with Crippen LogP contribution in [0.15, 0.2) is 53.4 Å². The van der Waals surface area contributed by atoms with Gasteiger partial charge in [0.05, 0.1) is 18.6 Å². The third-order valence-corrected chi connectivity index (χ3v) is 5.35. The summed E-state index contributed by atoms with van der Waals surface area (Å²) >= 11 is 0. The molecule has 158 valence electrons. The molecule has 0 unspecified atom stereocenters. The van der Waals surface area contributed by atoms with Crippen LogP contribution in [0.4, 0.5) is 0 Å². The summed E-state index contributed by atoms with van der Waals surface area (Å²) in [7, 11) is -1.80. The molecule has 0 fully saturated rings. The highest BCUT2D eigenvalue weighted by Crippen LogP contribution is 2.16. The summed E-state index contributed by atoms with van der Waals surface area (Å²) in [5.41, 5.74) is 4.24. The third kappa shape index (κ3) is 7.49. The first-order valence-electron chi connectivity index (χ1n) is 9.28. The second kappa shape index (κ2) is 10.9. The van der Waals surface area contributed by atoms with Gasteiger partial charge in [0.25, 0.3) is 5.91 Å². The van der Waals surface area contributed by atoms with E-state index in [0.29, 0.717) is 31.0 Å². The summed E-state index contributed by atoms with van der Waals surface area (Å²) in [6, 6.07) is 14.3. The number of benzene rings is 2. The number of carbonyl (C=O) groups is 1. The van der Waals surface area contributed by atoms with E-state index in [9.17, 15) is 13.2 Å². The van der Waals surface area contributed by atoms with Crippen LogP contribution in [0.5, 0.6) is 5.75 Å². The summed E-state index contributed by atoms with van der Waals surface area (Å²) in [4.78, 5) is 16.9. The van der Waals surface area contributed by atoms with E-state index >= 15 is 0 Å². The molecule has 1 amide bonds. The van der Waals surface area contributed by atoms with Gasteiger partial charge in [-0.3, -0.25) is 9.63 Å². The summed E-state index contributed by atoms with van der Waals surface area (Å²) in [5, 5.41) is 0. The van der Waals surface area contributed by atoms with Gasteiger partial charge in [0, 0.05) is 25.7 Å². The molecule has 0 saturated heterocycles. The Balaban J connectivity index is 1.86. The van der Waals surface area contributed by atoms with Crippen LogP contribution in [0.2, 0.25) is 0 Å². The first kappa shape index (κ1) is 22.9. The Morgan fingerprint density at radius 3 is 2.21 bits per heavy atom. The second-order valence-corrected chi connectivity index (χ2v) is 8.49. The average molecular weight is 422 g/mol. The van der Waals surface area contributed by atoms with Crippen molar-refractivity contribution in [3.8, 4) is 5.75 Å². The molecule has 2 aromatic carbocycles. The zero-order valence-corrected chi connectivity index (χ0v) is 17.7. The smallest absolute Gasteiger partial charge is 0.272 e. The van der Waals surface area contributed by atoms with E-state index < -0.39 is 15.9 Å². The standard InChI is InChI=1S/C21H27NO6S/c1-4-27-20(21(23)22-26-2)15-17-5-9-18(10-6-17)28-14-13-16-7-11-19(12-8-16)29(3,24)25/h5-12,20H,4,13-15H2,1-3H3,(H,22,23)/t20-/m0/s1. The van der Waals surface area contributed by atoms with Crippen molar-refractivity contribution in [1.82, 2.24) is 5.48 Å². The van der Waals surface area contributed by atoms with Crippen molar-refractivity contribution >= 4 is 15.7 Å². The number of carbonyl (C=O) groups excluding carboxylic acids is 1. The fraction of sp³-hybridized carbons (Fsp3) is 0.381. The zero-order chi connectivity index (χ0) is 21.3. The molecule has 7 nitrogen and oxygen atoms in total. The number of hydrogen-bond acceptors (Lipinski definition) is 6. The number of hydrogen-bond donors (Lipinski definition) is 1. The molecule has 29 heavy (non-hydrogen) atoms. The van der Waals surface area contributed by atoms with Crippen molar-refractivity contribution in [3.63, 3.8) is 0 Å². The zero-order valence-electron chi connectivity index (χ0n) is 16.9. The first-order valence-corrected chi connectivity index (χ1v) is 11.2. The van der Waals surface area contributed by atoms with E-state index in [4.69, 9.17) is 9.47 Å². The maximum Gasteiger partial charge on any atom is 0.272 e. The minimum absolute atomic E-state index is 0.308. The highest BCUT2D eigenvalue weighted by molar-refractivity contribution is 7.90. The van der Waals surface area contributed by atoms with Crippen LogP contribution in [0, 0.1) is 0 Å². The van der Waals surface area contributed by atoms with Crippen molar-refractivity contribution in [1.29, 1.82) is 0 Å². The number of amides is 1. The molecule has 0 aliphatic heterocycles. The minimum atomic E-state index is -3.18. The molecule has 8 heteroatoms. The summed E-state index contributed by atoms with van der Waals surface area (Å²) in [6.07, 6.45) is 1.66. The van der Waals surface area contributed by atoms with E-state index in [0.717, 1.165) is 16.9 Å². The molecule has 0 heterocycles. The Morgan fingerprint density at radius 1 is 1.03 bits per heavy atom. The Kier molecular flexibility index (Phi) is 8.63. The molecule has 1 atom stereocenters. The van der Waals surface area contributed by atoms with Crippen LogP contribution < -0.4 is 10.2 Å². The lowest BCUT2D eigenvalue weighted by atomic mass is 10.1. The van der Waals surface area contributed by atoms with Gasteiger partial charge in [0.2, 0.25) is 0 Å². The molecule has 0 spiro atoms. The Morgan fingerprint density at radius 2 is 1.66 bits per heavy atom. The van der Waals surface area contributed by atoms with Crippen LogP contribution in [0.1, 0.15) is 18.1 Å². The van der Waals surface area contributed by atoms with Crippen molar-refractivity contribution in [2.75, 3.05) is 26.6 Å². The Hall–Kier alpha value is -2.42. The predicted molar refractivity (Wildman–Crippen MR) is 109 cm³/mol. The fourth-order valence-corrected chi connectivity index (χ4v) is 3.35. The van der Waals surface area contributed by atoms with Crippen molar-refractivity contribution in [3.05, 3.63) is 59.7 Å². The molecule has 0 aliphatic carbocycles. The summed E-state index contributed by atoms with van der Waals surface area (Å²) in [6.45, 7) is 2.72. The minimum Gasteiger partial charge on any atom is -0.493 e. The fourth-order valence-electron chi connectivity index (χ4n) is 2.72. The molecule has 0 saturated carbocycles. The van der Waals surface area contributed by atoms with Gasteiger partial charge in [-0.05, 0) is 42.3 Å². The molecule has 0 aromatic heterocycles. The maximum absolute atomic E-state index is 11.9. The average Bonchev–Trinajstić information content (AvgIpc) is 2.69. The molecular formula is C21H27NO6S. The van der Waals surface area contributed by atoms with E-state index in [2.05, 4.69) is 10.3 Å². The predicted octanol–water partition coefficient (Wildman–Crippen LogP) is 2.34. The second-order valence-electron chi connectivity index (χ2n) is 6.48. The van der Waals surface area contributed by atoms with Gasteiger partial charge in [-0.15, -0.1) is 0 Å². The largest absolute Gasteiger partial charge is 0.493 e. The third-order valence-electron chi connectivity index (χ3n) is 4.22.